The lowest BCUT2D eigenvalue weighted by molar-refractivity contribution is -0.133. The van der Waals surface area contributed by atoms with Crippen molar-refractivity contribution in [3.05, 3.63) is 42.0 Å². The molecule has 2 aromatic rings. The molecular formula is C27H31N3O6. The maximum absolute atomic E-state index is 13.3. The van der Waals surface area contributed by atoms with Crippen molar-refractivity contribution in [2.24, 2.45) is 5.92 Å². The van der Waals surface area contributed by atoms with E-state index in [-0.39, 0.29) is 30.6 Å². The van der Waals surface area contributed by atoms with Crippen molar-refractivity contribution in [2.45, 2.75) is 31.7 Å². The lowest BCUT2D eigenvalue weighted by Crippen LogP contribution is -2.44. The van der Waals surface area contributed by atoms with Gasteiger partial charge in [-0.1, -0.05) is 6.07 Å². The van der Waals surface area contributed by atoms with Gasteiger partial charge in [0.05, 0.1) is 12.6 Å². The summed E-state index contributed by atoms with van der Waals surface area (Å²) in [5.41, 5.74) is 1.81. The Bertz CT molecular complexity index is 1150. The smallest absolute Gasteiger partial charge is 0.237 e. The fourth-order valence-electron chi connectivity index (χ4n) is 5.53. The van der Waals surface area contributed by atoms with Gasteiger partial charge in [-0.2, -0.15) is 0 Å². The molecule has 36 heavy (non-hydrogen) atoms. The summed E-state index contributed by atoms with van der Waals surface area (Å²) in [6.07, 6.45) is 3.41. The molecule has 0 radical (unpaired) electrons. The third-order valence-corrected chi connectivity index (χ3v) is 7.48. The molecule has 9 heteroatoms. The number of rotatable bonds is 5. The third kappa shape index (κ3) is 4.67. The van der Waals surface area contributed by atoms with Crippen molar-refractivity contribution < 1.29 is 28.5 Å². The highest BCUT2D eigenvalue weighted by Gasteiger charge is 2.33. The number of hydrogen-bond acceptors (Lipinski definition) is 7. The van der Waals surface area contributed by atoms with E-state index in [0.29, 0.717) is 36.9 Å². The van der Waals surface area contributed by atoms with E-state index in [0.717, 1.165) is 62.4 Å². The molecule has 6 rings (SSSR count). The topological polar surface area (TPSA) is 89.6 Å². The van der Waals surface area contributed by atoms with Gasteiger partial charge >= 0.3 is 0 Å². The number of anilines is 1. The van der Waals surface area contributed by atoms with Crippen molar-refractivity contribution in [3.63, 3.8) is 0 Å². The van der Waals surface area contributed by atoms with Gasteiger partial charge in [-0.25, -0.2) is 0 Å². The molecular weight excluding hydrogens is 462 g/mol. The van der Waals surface area contributed by atoms with E-state index in [1.165, 1.54) is 0 Å². The highest BCUT2D eigenvalue weighted by atomic mass is 16.7. The molecule has 0 aromatic heterocycles. The van der Waals surface area contributed by atoms with Crippen LogP contribution >= 0.6 is 0 Å². The number of likely N-dealkylation sites (tertiary alicyclic amines) is 2. The van der Waals surface area contributed by atoms with Crippen molar-refractivity contribution in [3.8, 4) is 23.0 Å². The Morgan fingerprint density at radius 1 is 0.833 bits per heavy atom. The highest BCUT2D eigenvalue weighted by molar-refractivity contribution is 5.93. The normalized spacial score (nSPS) is 21.4. The summed E-state index contributed by atoms with van der Waals surface area (Å²) in [7, 11) is 0. The summed E-state index contributed by atoms with van der Waals surface area (Å²) >= 11 is 0. The van der Waals surface area contributed by atoms with E-state index < -0.39 is 0 Å². The van der Waals surface area contributed by atoms with Gasteiger partial charge in [-0.3, -0.25) is 14.5 Å². The van der Waals surface area contributed by atoms with Crippen LogP contribution in [-0.4, -0.2) is 67.8 Å². The molecule has 4 heterocycles. The first-order valence-electron chi connectivity index (χ1n) is 12.8. The van der Waals surface area contributed by atoms with Gasteiger partial charge < -0.3 is 29.2 Å². The second-order valence-electron chi connectivity index (χ2n) is 9.76. The number of carbonyl (C=O) groups is 2. The fraction of sp³-hybridized carbons (Fsp3) is 0.481. The molecule has 1 atom stereocenters. The zero-order valence-electron chi connectivity index (χ0n) is 20.2. The van der Waals surface area contributed by atoms with E-state index in [1.807, 2.05) is 35.2 Å². The number of fused-ring (bicyclic) bond motifs is 2. The van der Waals surface area contributed by atoms with Gasteiger partial charge in [-0.05, 0) is 68.6 Å². The average molecular weight is 494 g/mol. The SMILES string of the molecule is O=C(Nc1ccc2c(c1)OCO2)C1CCN(CC(=O)N2CCC[C@H]2c2ccc3c(c2)OCCO3)CC1. The summed E-state index contributed by atoms with van der Waals surface area (Å²) in [4.78, 5) is 30.3. The van der Waals surface area contributed by atoms with Crippen LogP contribution in [0.25, 0.3) is 0 Å². The van der Waals surface area contributed by atoms with Crippen LogP contribution in [0.1, 0.15) is 37.3 Å². The Morgan fingerprint density at radius 3 is 2.42 bits per heavy atom. The molecule has 2 aromatic carbocycles. The van der Waals surface area contributed by atoms with Gasteiger partial charge in [0, 0.05) is 24.2 Å². The molecule has 1 N–H and O–H groups in total. The largest absolute Gasteiger partial charge is 0.486 e. The van der Waals surface area contributed by atoms with Crippen molar-refractivity contribution in [1.29, 1.82) is 0 Å². The van der Waals surface area contributed by atoms with Crippen molar-refractivity contribution in [2.75, 3.05) is 51.5 Å². The van der Waals surface area contributed by atoms with Gasteiger partial charge in [-0.15, -0.1) is 0 Å². The second-order valence-corrected chi connectivity index (χ2v) is 9.76. The second kappa shape index (κ2) is 9.89. The minimum absolute atomic E-state index is 0.0121. The lowest BCUT2D eigenvalue weighted by Gasteiger charge is -2.33. The Morgan fingerprint density at radius 2 is 1.56 bits per heavy atom. The molecule has 190 valence electrons. The van der Waals surface area contributed by atoms with Crippen LogP contribution in [0.5, 0.6) is 23.0 Å². The van der Waals surface area contributed by atoms with Gasteiger partial charge in [0.15, 0.2) is 23.0 Å². The van der Waals surface area contributed by atoms with Crippen LogP contribution in [0.2, 0.25) is 0 Å². The molecule has 2 saturated heterocycles. The molecule has 0 spiro atoms. The van der Waals surface area contributed by atoms with E-state index in [2.05, 4.69) is 10.2 Å². The minimum Gasteiger partial charge on any atom is -0.486 e. The quantitative estimate of drug-likeness (QED) is 0.684. The van der Waals surface area contributed by atoms with Crippen LogP contribution in [0, 0.1) is 5.92 Å². The minimum atomic E-state index is -0.0703. The molecule has 4 aliphatic rings. The van der Waals surface area contributed by atoms with Crippen LogP contribution in [0.4, 0.5) is 5.69 Å². The number of hydrogen-bond donors (Lipinski definition) is 1. The Kier molecular flexibility index (Phi) is 6.31. The first-order valence-corrected chi connectivity index (χ1v) is 12.8. The Hall–Kier alpha value is -3.46. The Labute approximate surface area is 210 Å². The lowest BCUT2D eigenvalue weighted by atomic mass is 9.95. The molecule has 2 amide bonds. The first-order chi connectivity index (χ1) is 17.6. The number of piperidine rings is 1. The number of carbonyl (C=O) groups excluding carboxylic acids is 2. The van der Waals surface area contributed by atoms with Crippen LogP contribution in [0.15, 0.2) is 36.4 Å². The van der Waals surface area contributed by atoms with E-state index >= 15 is 0 Å². The van der Waals surface area contributed by atoms with Crippen LogP contribution < -0.4 is 24.3 Å². The van der Waals surface area contributed by atoms with E-state index in [9.17, 15) is 9.59 Å². The number of amides is 2. The summed E-state index contributed by atoms with van der Waals surface area (Å²) in [6.45, 7) is 3.94. The monoisotopic (exact) mass is 493 g/mol. The van der Waals surface area contributed by atoms with Crippen LogP contribution in [0.3, 0.4) is 0 Å². The number of benzene rings is 2. The van der Waals surface area contributed by atoms with E-state index in [1.54, 1.807) is 6.07 Å². The van der Waals surface area contributed by atoms with Gasteiger partial charge in [0.25, 0.3) is 0 Å². The summed E-state index contributed by atoms with van der Waals surface area (Å²) in [6, 6.07) is 11.5. The van der Waals surface area contributed by atoms with Crippen LogP contribution in [-0.2, 0) is 9.59 Å². The maximum Gasteiger partial charge on any atom is 0.237 e. The zero-order chi connectivity index (χ0) is 24.5. The molecule has 2 fully saturated rings. The van der Waals surface area contributed by atoms with Gasteiger partial charge in [0.2, 0.25) is 18.6 Å². The third-order valence-electron chi connectivity index (χ3n) is 7.48. The average Bonchev–Trinajstić information content (AvgIpc) is 3.58. The molecule has 4 aliphatic heterocycles. The van der Waals surface area contributed by atoms with Gasteiger partial charge in [0.1, 0.15) is 13.2 Å². The predicted octanol–water partition coefficient (Wildman–Crippen LogP) is 3.20. The summed E-state index contributed by atoms with van der Waals surface area (Å²) in [5, 5.41) is 3.00. The number of nitrogens with one attached hydrogen (secondary N) is 1. The van der Waals surface area contributed by atoms with Crippen molar-refractivity contribution >= 4 is 17.5 Å². The summed E-state index contributed by atoms with van der Waals surface area (Å²) < 4.78 is 22.1. The molecule has 0 saturated carbocycles. The molecule has 0 bridgehead atoms. The Balaban J connectivity index is 1.01. The molecule has 0 aliphatic carbocycles. The predicted molar refractivity (Wildman–Crippen MR) is 131 cm³/mol. The maximum atomic E-state index is 13.3. The van der Waals surface area contributed by atoms with E-state index in [4.69, 9.17) is 18.9 Å². The highest BCUT2D eigenvalue weighted by Crippen LogP contribution is 2.38. The molecule has 0 unspecified atom stereocenters. The number of ether oxygens (including phenoxy) is 4. The standard InChI is InChI=1S/C27H31N3O6/c31-26(30-9-1-2-21(30)19-3-5-22-24(14-19)34-13-12-33-22)16-29-10-7-18(8-11-29)27(32)28-20-4-6-23-25(15-20)36-17-35-23/h3-6,14-15,18,21H,1-2,7-13,16-17H2,(H,28,32)/t21-/m0/s1. The fourth-order valence-corrected chi connectivity index (χ4v) is 5.53. The zero-order valence-corrected chi connectivity index (χ0v) is 20.2. The molecule has 9 nitrogen and oxygen atoms in total. The summed E-state index contributed by atoms with van der Waals surface area (Å²) in [5.74, 6) is 2.97. The first kappa shape index (κ1) is 23.0. The van der Waals surface area contributed by atoms with Crippen molar-refractivity contribution in [1.82, 2.24) is 9.80 Å². The number of nitrogens with zero attached hydrogens (tertiary/aromatic N) is 2.